The molecule has 3 N–H and O–H groups in total. The smallest absolute Gasteiger partial charge is 0.250 e. The number of rotatable bonds is 6. The topological polar surface area (TPSA) is 89.3 Å². The molecule has 0 bridgehead atoms. The lowest BCUT2D eigenvalue weighted by Crippen LogP contribution is -2.22. The normalized spacial score (nSPS) is 12.4. The van der Waals surface area contributed by atoms with E-state index in [0.29, 0.717) is 4.21 Å². The number of primary amides is 1. The van der Waals surface area contributed by atoms with Crippen LogP contribution in [0.3, 0.4) is 0 Å². The van der Waals surface area contributed by atoms with Crippen LogP contribution in [-0.2, 0) is 21.4 Å². The number of amides is 1. The highest BCUT2D eigenvalue weighted by atomic mass is 35.5. The highest BCUT2D eigenvalue weighted by Gasteiger charge is 2.15. The lowest BCUT2D eigenvalue weighted by Gasteiger charge is -2.09. The van der Waals surface area contributed by atoms with E-state index < -0.39 is 10.0 Å². The van der Waals surface area contributed by atoms with E-state index in [4.69, 9.17) is 5.73 Å². The number of nitrogens with two attached hydrogens (primary N) is 1. The van der Waals surface area contributed by atoms with Gasteiger partial charge in [0.25, 0.3) is 0 Å². The SMILES string of the molecule is CC(C(N)=O)c1ccc(CNS(=O)(=O)c2cccs2)cc1.Cl. The number of carbonyl (C=O) groups excluding carboxylic acids is 1. The van der Waals surface area contributed by atoms with Crippen molar-refractivity contribution in [2.24, 2.45) is 5.73 Å². The third-order valence-electron chi connectivity index (χ3n) is 3.13. The molecule has 0 fully saturated rings. The van der Waals surface area contributed by atoms with Crippen molar-refractivity contribution < 1.29 is 13.2 Å². The van der Waals surface area contributed by atoms with Gasteiger partial charge in [0.2, 0.25) is 15.9 Å². The fourth-order valence-corrected chi connectivity index (χ4v) is 3.81. The molecule has 0 radical (unpaired) electrons. The summed E-state index contributed by atoms with van der Waals surface area (Å²) in [5.74, 6) is -0.747. The van der Waals surface area contributed by atoms with Gasteiger partial charge >= 0.3 is 0 Å². The second-order valence-electron chi connectivity index (χ2n) is 4.62. The first-order valence-electron chi connectivity index (χ1n) is 6.31. The largest absolute Gasteiger partial charge is 0.369 e. The van der Waals surface area contributed by atoms with Gasteiger partial charge < -0.3 is 5.73 Å². The van der Waals surface area contributed by atoms with Crippen molar-refractivity contribution in [3.8, 4) is 0 Å². The van der Waals surface area contributed by atoms with Crippen molar-refractivity contribution in [1.29, 1.82) is 0 Å². The van der Waals surface area contributed by atoms with Gasteiger partial charge in [-0.2, -0.15) is 0 Å². The number of sulfonamides is 1. The molecule has 8 heteroatoms. The van der Waals surface area contributed by atoms with E-state index in [1.807, 2.05) is 0 Å². The maximum atomic E-state index is 12.0. The molecule has 2 rings (SSSR count). The van der Waals surface area contributed by atoms with Crippen molar-refractivity contribution in [3.05, 3.63) is 52.9 Å². The monoisotopic (exact) mass is 360 g/mol. The van der Waals surface area contributed by atoms with Crippen LogP contribution in [0.15, 0.2) is 46.0 Å². The molecule has 0 saturated carbocycles. The molecule has 5 nitrogen and oxygen atoms in total. The maximum Gasteiger partial charge on any atom is 0.250 e. The van der Waals surface area contributed by atoms with E-state index in [0.717, 1.165) is 11.1 Å². The van der Waals surface area contributed by atoms with E-state index >= 15 is 0 Å². The number of thiophene rings is 1. The Kier molecular flexibility index (Phi) is 6.55. The predicted molar refractivity (Wildman–Crippen MR) is 89.6 cm³/mol. The number of benzene rings is 1. The van der Waals surface area contributed by atoms with Crippen molar-refractivity contribution in [1.82, 2.24) is 4.72 Å². The minimum absolute atomic E-state index is 0. The molecule has 1 aromatic heterocycles. The molecule has 2 aromatic rings. The van der Waals surface area contributed by atoms with Gasteiger partial charge in [-0.05, 0) is 29.5 Å². The van der Waals surface area contributed by atoms with Gasteiger partial charge in [-0.3, -0.25) is 4.79 Å². The summed E-state index contributed by atoms with van der Waals surface area (Å²) in [4.78, 5) is 11.1. The van der Waals surface area contributed by atoms with Crippen LogP contribution < -0.4 is 10.5 Å². The third-order valence-corrected chi connectivity index (χ3v) is 5.93. The standard InChI is InChI=1S/C14H16N2O3S2.ClH/c1-10(14(15)17)12-6-4-11(5-7-12)9-16-21(18,19)13-3-2-8-20-13;/h2-8,10,16H,9H2,1H3,(H2,15,17);1H. The Bertz CT molecular complexity index is 713. The maximum absolute atomic E-state index is 12.0. The predicted octanol–water partition coefficient (Wildman–Crippen LogP) is 2.24. The van der Waals surface area contributed by atoms with E-state index in [2.05, 4.69) is 4.72 Å². The first-order chi connectivity index (χ1) is 9.90. The zero-order valence-corrected chi connectivity index (χ0v) is 14.3. The number of carbonyl (C=O) groups is 1. The second-order valence-corrected chi connectivity index (χ2v) is 7.56. The van der Waals surface area contributed by atoms with Gasteiger partial charge in [0.05, 0.1) is 5.92 Å². The molecule has 0 aliphatic carbocycles. The van der Waals surface area contributed by atoms with Crippen molar-refractivity contribution >= 4 is 39.7 Å². The summed E-state index contributed by atoms with van der Waals surface area (Å²) in [6, 6.07) is 10.4. The van der Waals surface area contributed by atoms with Gasteiger partial charge in [-0.1, -0.05) is 30.3 Å². The molecule has 0 saturated heterocycles. The molecule has 1 aromatic carbocycles. The Morgan fingerprint density at radius 1 is 1.27 bits per heavy atom. The lowest BCUT2D eigenvalue weighted by atomic mass is 9.99. The molecule has 1 atom stereocenters. The molecule has 1 amide bonds. The number of hydrogen-bond donors (Lipinski definition) is 2. The van der Waals surface area contributed by atoms with Gasteiger partial charge in [0.1, 0.15) is 4.21 Å². The highest BCUT2D eigenvalue weighted by molar-refractivity contribution is 7.91. The lowest BCUT2D eigenvalue weighted by molar-refractivity contribution is -0.119. The van der Waals surface area contributed by atoms with Crippen LogP contribution >= 0.6 is 23.7 Å². The zero-order valence-electron chi connectivity index (χ0n) is 11.9. The quantitative estimate of drug-likeness (QED) is 0.827. The Balaban J connectivity index is 0.00000242. The molecule has 1 unspecified atom stereocenters. The minimum atomic E-state index is -3.46. The molecular weight excluding hydrogens is 344 g/mol. The fourth-order valence-electron chi connectivity index (χ4n) is 1.75. The van der Waals surface area contributed by atoms with Crippen LogP contribution in [0.4, 0.5) is 0 Å². The molecule has 0 spiro atoms. The Hall–Kier alpha value is -1.41. The summed E-state index contributed by atoms with van der Waals surface area (Å²) < 4.78 is 26.8. The summed E-state index contributed by atoms with van der Waals surface area (Å²) in [6.07, 6.45) is 0. The first kappa shape index (κ1) is 18.6. The van der Waals surface area contributed by atoms with Gasteiger partial charge in [0.15, 0.2) is 0 Å². The van der Waals surface area contributed by atoms with E-state index in [1.165, 1.54) is 11.3 Å². The average molecular weight is 361 g/mol. The van der Waals surface area contributed by atoms with E-state index in [-0.39, 0.29) is 30.8 Å². The van der Waals surface area contributed by atoms with E-state index in [1.54, 1.807) is 48.7 Å². The number of hydrogen-bond acceptors (Lipinski definition) is 4. The Labute approximate surface area is 140 Å². The summed E-state index contributed by atoms with van der Waals surface area (Å²) in [6.45, 7) is 1.93. The number of nitrogens with one attached hydrogen (secondary N) is 1. The average Bonchev–Trinajstić information content (AvgIpc) is 3.00. The Morgan fingerprint density at radius 3 is 2.41 bits per heavy atom. The minimum Gasteiger partial charge on any atom is -0.369 e. The molecule has 0 aliphatic heterocycles. The van der Waals surface area contributed by atoms with Gasteiger partial charge in [-0.15, -0.1) is 23.7 Å². The van der Waals surface area contributed by atoms with Crippen molar-refractivity contribution in [2.45, 2.75) is 23.6 Å². The van der Waals surface area contributed by atoms with Crippen LogP contribution in [-0.4, -0.2) is 14.3 Å². The van der Waals surface area contributed by atoms with Crippen molar-refractivity contribution in [2.75, 3.05) is 0 Å². The van der Waals surface area contributed by atoms with Crippen LogP contribution in [0.2, 0.25) is 0 Å². The molecular formula is C14H17ClN2O3S2. The molecule has 0 aliphatic rings. The molecule has 120 valence electrons. The van der Waals surface area contributed by atoms with Crippen LogP contribution in [0.25, 0.3) is 0 Å². The van der Waals surface area contributed by atoms with Gasteiger partial charge in [0, 0.05) is 6.54 Å². The first-order valence-corrected chi connectivity index (χ1v) is 8.68. The van der Waals surface area contributed by atoms with Gasteiger partial charge in [-0.25, -0.2) is 13.1 Å². The molecule has 22 heavy (non-hydrogen) atoms. The van der Waals surface area contributed by atoms with Crippen molar-refractivity contribution in [3.63, 3.8) is 0 Å². The summed E-state index contributed by atoms with van der Waals surface area (Å²) in [5, 5.41) is 1.72. The third kappa shape index (κ3) is 4.54. The zero-order chi connectivity index (χ0) is 15.5. The summed E-state index contributed by atoms with van der Waals surface area (Å²) >= 11 is 1.17. The Morgan fingerprint density at radius 2 is 1.91 bits per heavy atom. The van der Waals surface area contributed by atoms with Crippen LogP contribution in [0.1, 0.15) is 24.0 Å². The highest BCUT2D eigenvalue weighted by Crippen LogP contribution is 2.17. The molecule has 1 heterocycles. The fraction of sp³-hybridized carbons (Fsp3) is 0.214. The number of halogens is 1. The second kappa shape index (κ2) is 7.73. The van der Waals surface area contributed by atoms with Crippen LogP contribution in [0.5, 0.6) is 0 Å². The van der Waals surface area contributed by atoms with Crippen LogP contribution in [0, 0.1) is 0 Å². The summed E-state index contributed by atoms with van der Waals surface area (Å²) in [7, 11) is -3.46. The summed E-state index contributed by atoms with van der Waals surface area (Å²) in [5.41, 5.74) is 6.87. The van der Waals surface area contributed by atoms with E-state index in [9.17, 15) is 13.2 Å².